The van der Waals surface area contributed by atoms with Gasteiger partial charge in [-0.2, -0.15) is 0 Å². The molecule has 0 spiro atoms. The summed E-state index contributed by atoms with van der Waals surface area (Å²) in [6, 6.07) is 0. The number of allylic oxidation sites excluding steroid dienone is 1. The van der Waals surface area contributed by atoms with E-state index in [1.807, 2.05) is 0 Å². The van der Waals surface area contributed by atoms with E-state index in [-0.39, 0.29) is 5.91 Å². The molecule has 0 saturated heterocycles. The summed E-state index contributed by atoms with van der Waals surface area (Å²) in [7, 11) is 0. The van der Waals surface area contributed by atoms with Gasteiger partial charge in [-0.3, -0.25) is 4.79 Å². The second kappa shape index (κ2) is 2.86. The van der Waals surface area contributed by atoms with Crippen molar-refractivity contribution in [2.24, 2.45) is 11.8 Å². The minimum absolute atomic E-state index is 0.140. The average Bonchev–Trinajstić information content (AvgIpc) is 1.88. The molecule has 0 aromatic carbocycles. The normalized spacial score (nSPS) is 25.1. The monoisotopic (exact) mass is 139 g/mol. The maximum atomic E-state index is 10.8. The Bertz CT molecular complexity index is 161. The summed E-state index contributed by atoms with van der Waals surface area (Å²) in [5.74, 6) is 1.15. The number of rotatable bonds is 1. The summed E-state index contributed by atoms with van der Waals surface area (Å²) in [6.07, 6.45) is 4.46. The van der Waals surface area contributed by atoms with E-state index in [9.17, 15) is 4.79 Å². The molecule has 56 valence electrons. The van der Waals surface area contributed by atoms with Crippen molar-refractivity contribution in [3.8, 4) is 0 Å². The largest absolute Gasteiger partial charge is 0.333 e. The lowest BCUT2D eigenvalue weighted by Gasteiger charge is -2.19. The first kappa shape index (κ1) is 7.32. The minimum Gasteiger partial charge on any atom is -0.333 e. The molecule has 0 aromatic rings. The third-order valence-electron chi connectivity index (χ3n) is 1.87. The van der Waals surface area contributed by atoms with E-state index in [1.165, 1.54) is 0 Å². The highest BCUT2D eigenvalue weighted by molar-refractivity contribution is 5.78. The molecular weight excluding hydrogens is 126 g/mol. The van der Waals surface area contributed by atoms with Gasteiger partial charge in [-0.15, -0.1) is 0 Å². The Morgan fingerprint density at radius 2 is 2.40 bits per heavy atom. The van der Waals surface area contributed by atoms with Crippen molar-refractivity contribution in [1.29, 1.82) is 0 Å². The van der Waals surface area contributed by atoms with Crippen molar-refractivity contribution in [3.63, 3.8) is 0 Å². The van der Waals surface area contributed by atoms with Crippen LogP contribution in [0.2, 0.25) is 0 Å². The number of carbonyl (C=O) groups is 1. The fourth-order valence-electron chi connectivity index (χ4n) is 1.06. The lowest BCUT2D eigenvalue weighted by atomic mass is 9.91. The van der Waals surface area contributed by atoms with Crippen LogP contribution in [0.25, 0.3) is 0 Å². The molecule has 10 heavy (non-hydrogen) atoms. The van der Waals surface area contributed by atoms with Gasteiger partial charge in [0, 0.05) is 12.6 Å². The summed E-state index contributed by atoms with van der Waals surface area (Å²) < 4.78 is 0. The first-order chi connectivity index (χ1) is 4.70. The molecule has 0 saturated carbocycles. The smallest absolute Gasteiger partial charge is 0.224 e. The van der Waals surface area contributed by atoms with Crippen LogP contribution in [0.3, 0.4) is 0 Å². The lowest BCUT2D eigenvalue weighted by Crippen LogP contribution is -2.26. The van der Waals surface area contributed by atoms with E-state index in [2.05, 4.69) is 25.2 Å². The molecule has 1 heterocycles. The van der Waals surface area contributed by atoms with Crippen molar-refractivity contribution in [2.45, 2.75) is 20.3 Å². The van der Waals surface area contributed by atoms with E-state index >= 15 is 0 Å². The van der Waals surface area contributed by atoms with Crippen LogP contribution in [0.4, 0.5) is 0 Å². The van der Waals surface area contributed by atoms with Crippen molar-refractivity contribution in [2.75, 3.05) is 0 Å². The van der Waals surface area contributed by atoms with Crippen molar-refractivity contribution >= 4 is 5.91 Å². The van der Waals surface area contributed by atoms with E-state index in [4.69, 9.17) is 0 Å². The molecule has 1 N–H and O–H groups in total. The average molecular weight is 139 g/mol. The number of nitrogens with one attached hydrogen (secondary N) is 1. The van der Waals surface area contributed by atoms with E-state index < -0.39 is 0 Å². The number of amides is 1. The third-order valence-corrected chi connectivity index (χ3v) is 1.87. The number of hydrogen-bond acceptors (Lipinski definition) is 1. The second-order valence-electron chi connectivity index (χ2n) is 3.04. The Morgan fingerprint density at radius 3 is 2.80 bits per heavy atom. The van der Waals surface area contributed by atoms with Gasteiger partial charge in [-0.05, 0) is 11.8 Å². The predicted molar refractivity (Wildman–Crippen MR) is 40.2 cm³/mol. The quantitative estimate of drug-likeness (QED) is 0.582. The van der Waals surface area contributed by atoms with Gasteiger partial charge in [0.1, 0.15) is 0 Å². The molecule has 1 rings (SSSR count). The zero-order valence-electron chi connectivity index (χ0n) is 6.42. The fraction of sp³-hybridized carbons (Fsp3) is 0.625. The van der Waals surface area contributed by atoms with E-state index in [1.54, 1.807) is 6.20 Å². The van der Waals surface area contributed by atoms with Crippen LogP contribution >= 0.6 is 0 Å². The maximum absolute atomic E-state index is 10.8. The topological polar surface area (TPSA) is 29.1 Å². The highest BCUT2D eigenvalue weighted by Crippen LogP contribution is 2.18. The molecule has 2 nitrogen and oxygen atoms in total. The zero-order valence-corrected chi connectivity index (χ0v) is 6.42. The molecule has 1 atom stereocenters. The second-order valence-corrected chi connectivity index (χ2v) is 3.04. The lowest BCUT2D eigenvalue weighted by molar-refractivity contribution is -0.121. The van der Waals surface area contributed by atoms with Gasteiger partial charge in [0.15, 0.2) is 0 Å². The SMILES string of the molecule is CC(C)C1C=CNC(=O)C1. The van der Waals surface area contributed by atoms with Crippen LogP contribution in [-0.4, -0.2) is 5.91 Å². The van der Waals surface area contributed by atoms with Gasteiger partial charge in [0.2, 0.25) is 5.91 Å². The van der Waals surface area contributed by atoms with Crippen LogP contribution in [0.1, 0.15) is 20.3 Å². The standard InChI is InChI=1S/C8H13NO/c1-6(2)7-3-4-9-8(10)5-7/h3-4,6-7H,5H2,1-2H3,(H,9,10). The molecule has 0 aromatic heterocycles. The molecule has 1 unspecified atom stereocenters. The first-order valence-electron chi connectivity index (χ1n) is 3.66. The fourth-order valence-corrected chi connectivity index (χ4v) is 1.06. The molecular formula is C8H13NO. The Hall–Kier alpha value is -0.790. The molecule has 0 radical (unpaired) electrons. The number of hydrogen-bond donors (Lipinski definition) is 1. The summed E-state index contributed by atoms with van der Waals surface area (Å²) in [5.41, 5.74) is 0. The van der Waals surface area contributed by atoms with Crippen LogP contribution in [-0.2, 0) is 4.79 Å². The Morgan fingerprint density at radius 1 is 1.70 bits per heavy atom. The van der Waals surface area contributed by atoms with Crippen molar-refractivity contribution < 1.29 is 4.79 Å². The summed E-state index contributed by atoms with van der Waals surface area (Å²) >= 11 is 0. The van der Waals surface area contributed by atoms with Crippen LogP contribution in [0.15, 0.2) is 12.3 Å². The molecule has 0 bridgehead atoms. The van der Waals surface area contributed by atoms with Gasteiger partial charge in [0.25, 0.3) is 0 Å². The Kier molecular flexibility index (Phi) is 2.10. The molecule has 1 aliphatic heterocycles. The van der Waals surface area contributed by atoms with Crippen molar-refractivity contribution in [1.82, 2.24) is 5.32 Å². The highest BCUT2D eigenvalue weighted by atomic mass is 16.1. The first-order valence-corrected chi connectivity index (χ1v) is 3.66. The van der Waals surface area contributed by atoms with Gasteiger partial charge in [0.05, 0.1) is 0 Å². The summed E-state index contributed by atoms with van der Waals surface area (Å²) in [5, 5.41) is 2.65. The Balaban J connectivity index is 2.55. The summed E-state index contributed by atoms with van der Waals surface area (Å²) in [4.78, 5) is 10.8. The highest BCUT2D eigenvalue weighted by Gasteiger charge is 2.16. The van der Waals surface area contributed by atoms with Crippen LogP contribution in [0.5, 0.6) is 0 Å². The summed E-state index contributed by atoms with van der Waals surface area (Å²) in [6.45, 7) is 4.27. The molecule has 1 aliphatic rings. The zero-order chi connectivity index (χ0) is 7.56. The van der Waals surface area contributed by atoms with Crippen LogP contribution in [0, 0.1) is 11.8 Å². The van der Waals surface area contributed by atoms with Gasteiger partial charge in [-0.1, -0.05) is 19.9 Å². The van der Waals surface area contributed by atoms with Gasteiger partial charge >= 0.3 is 0 Å². The molecule has 1 amide bonds. The molecule has 2 heteroatoms. The van der Waals surface area contributed by atoms with Gasteiger partial charge in [-0.25, -0.2) is 0 Å². The van der Waals surface area contributed by atoms with Gasteiger partial charge < -0.3 is 5.32 Å². The van der Waals surface area contributed by atoms with Crippen molar-refractivity contribution in [3.05, 3.63) is 12.3 Å². The van der Waals surface area contributed by atoms with Crippen LogP contribution < -0.4 is 5.32 Å². The Labute approximate surface area is 61.3 Å². The van der Waals surface area contributed by atoms with E-state index in [0.717, 1.165) is 0 Å². The molecule has 0 fully saturated rings. The van der Waals surface area contributed by atoms with E-state index in [0.29, 0.717) is 18.3 Å². The minimum atomic E-state index is 0.140. The predicted octanol–water partition coefficient (Wildman–Crippen LogP) is 1.29. The maximum Gasteiger partial charge on any atom is 0.224 e. The molecule has 0 aliphatic carbocycles. The third kappa shape index (κ3) is 1.59. The number of carbonyl (C=O) groups excluding carboxylic acids is 1.